The van der Waals surface area contributed by atoms with Gasteiger partial charge in [0.1, 0.15) is 0 Å². The molecule has 0 saturated carbocycles. The third-order valence-corrected chi connectivity index (χ3v) is 6.05. The van der Waals surface area contributed by atoms with Crippen molar-refractivity contribution in [2.75, 3.05) is 0 Å². The van der Waals surface area contributed by atoms with E-state index in [-0.39, 0.29) is 2.14 Å². The van der Waals surface area contributed by atoms with Gasteiger partial charge in [-0.2, -0.15) is 0 Å². The molecule has 0 spiro atoms. The summed E-state index contributed by atoms with van der Waals surface area (Å²) in [6.07, 6.45) is 0. The summed E-state index contributed by atoms with van der Waals surface area (Å²) in [5.41, 5.74) is 0. The second kappa shape index (κ2) is 4.60. The summed E-state index contributed by atoms with van der Waals surface area (Å²) in [4.78, 5) is 0. The Hall–Kier alpha value is 2.62. The molecule has 6 heteroatoms. The maximum atomic E-state index is 3.31. The quantitative estimate of drug-likeness (QED) is 0.390. The lowest BCUT2D eigenvalue weighted by molar-refractivity contribution is 1.63. The van der Waals surface area contributed by atoms with Crippen LogP contribution in [-0.2, 0) is 0 Å². The van der Waals surface area contributed by atoms with E-state index >= 15 is 0 Å². The van der Waals surface area contributed by atoms with Crippen molar-refractivity contribution in [3.05, 3.63) is 7.87 Å². The van der Waals surface area contributed by atoms with Crippen LogP contribution in [0.5, 0.6) is 0 Å². The normalized spacial score (nSPS) is 11.3. The molecule has 0 rings (SSSR count). The Balaban J connectivity index is 4.40. The zero-order chi connectivity index (χ0) is 7.65. The van der Waals surface area contributed by atoms with Crippen LogP contribution < -0.4 is 0 Å². The maximum Gasteiger partial charge on any atom is 0.167 e. The van der Waals surface area contributed by atoms with E-state index in [9.17, 15) is 0 Å². The monoisotopic (exact) mass is 510 g/mol. The minimum atomic E-state index is -0.380. The lowest BCUT2D eigenvalue weighted by atomic mass is 10.8. The van der Waals surface area contributed by atoms with Crippen molar-refractivity contribution in [3.63, 3.8) is 0 Å². The van der Waals surface area contributed by atoms with E-state index in [2.05, 4.69) is 95.6 Å². The van der Waals surface area contributed by atoms with Crippen LogP contribution in [0, 0.1) is 0 Å². The van der Waals surface area contributed by atoms with Gasteiger partial charge >= 0.3 is 0 Å². The number of hydrogen-bond acceptors (Lipinski definition) is 0. The first-order chi connectivity index (χ1) is 3.85. The molecule has 0 nitrogen and oxygen atoms in total. The highest BCUT2D eigenvalue weighted by molar-refractivity contribution is 9.40. The first-order valence-corrected chi connectivity index (χ1v) is 6.39. The molecule has 0 N–H and O–H groups in total. The number of alkyl halides is 3. The van der Waals surface area contributed by atoms with Crippen LogP contribution in [0.25, 0.3) is 0 Å². The lowest BCUT2D eigenvalue weighted by Gasteiger charge is -2.10. The molecule has 9 heavy (non-hydrogen) atoms. The fraction of sp³-hybridized carbons (Fsp3) is 0.333. The molecular formula is C3Br6. The van der Waals surface area contributed by atoms with Gasteiger partial charge in [0.25, 0.3) is 0 Å². The Bertz CT molecular complexity index is 126. The van der Waals surface area contributed by atoms with Gasteiger partial charge < -0.3 is 0 Å². The minimum absolute atomic E-state index is 0.380. The number of rotatable bonds is 0. The molecule has 0 aliphatic rings. The maximum absolute atomic E-state index is 3.31. The van der Waals surface area contributed by atoms with Crippen molar-refractivity contribution in [1.29, 1.82) is 0 Å². The molecule has 54 valence electrons. The van der Waals surface area contributed by atoms with Crippen LogP contribution in [0.1, 0.15) is 0 Å². The Kier molecular flexibility index (Phi) is 5.94. The summed E-state index contributed by atoms with van der Waals surface area (Å²) in [6, 6.07) is 0. The Morgan fingerprint density at radius 3 is 1.22 bits per heavy atom. The molecular weight excluding hydrogens is 515 g/mol. The topological polar surface area (TPSA) is 0 Å². The van der Waals surface area contributed by atoms with Crippen molar-refractivity contribution in [2.45, 2.75) is 2.14 Å². The minimum Gasteiger partial charge on any atom is -0.0539 e. The fourth-order valence-corrected chi connectivity index (χ4v) is 2.89. The molecule has 0 aliphatic carbocycles. The van der Waals surface area contributed by atoms with Gasteiger partial charge in [-0.05, 0) is 31.9 Å². The van der Waals surface area contributed by atoms with Gasteiger partial charge in [-0.15, -0.1) is 0 Å². The second-order valence-electron chi connectivity index (χ2n) is 1.07. The first kappa shape index (κ1) is 11.6. The zero-order valence-electron chi connectivity index (χ0n) is 3.77. The van der Waals surface area contributed by atoms with E-state index in [4.69, 9.17) is 0 Å². The number of halogens is 6. The predicted octanol–water partition coefficient (Wildman–Crippen LogP) is 5.18. The summed E-state index contributed by atoms with van der Waals surface area (Å²) >= 11 is 19.7. The van der Waals surface area contributed by atoms with E-state index in [0.29, 0.717) is 0 Å². The molecule has 0 aliphatic heterocycles. The molecule has 0 atom stereocenters. The van der Waals surface area contributed by atoms with E-state index < -0.39 is 0 Å². The van der Waals surface area contributed by atoms with Gasteiger partial charge in [-0.1, -0.05) is 63.7 Å². The van der Waals surface area contributed by atoms with Gasteiger partial charge in [0, 0.05) is 0 Å². The van der Waals surface area contributed by atoms with E-state index in [1.54, 1.807) is 0 Å². The number of hydrogen-bond donors (Lipinski definition) is 0. The molecule has 0 aromatic heterocycles. The zero-order valence-corrected chi connectivity index (χ0v) is 13.3. The average molecular weight is 515 g/mol. The van der Waals surface area contributed by atoms with Gasteiger partial charge in [0.15, 0.2) is 2.14 Å². The molecule has 0 saturated heterocycles. The highest BCUT2D eigenvalue weighted by Crippen LogP contribution is 2.47. The van der Waals surface area contributed by atoms with E-state index in [1.165, 1.54) is 0 Å². The molecule has 0 fully saturated rings. The average Bonchev–Trinajstić information content (AvgIpc) is 1.62. The molecule has 0 amide bonds. The molecule has 0 radical (unpaired) electrons. The van der Waals surface area contributed by atoms with Crippen LogP contribution in [-0.4, -0.2) is 2.14 Å². The van der Waals surface area contributed by atoms with Crippen molar-refractivity contribution >= 4 is 95.6 Å². The standard InChI is InChI=1S/C3Br6/c4-1(2(5)6)3(7,8)9. The van der Waals surface area contributed by atoms with Gasteiger partial charge in [0.2, 0.25) is 0 Å². The number of allylic oxidation sites excluding steroid dienone is 1. The molecule has 0 heterocycles. The summed E-state index contributed by atoms with van der Waals surface area (Å²) in [5.74, 6) is 0. The Morgan fingerprint density at radius 1 is 0.889 bits per heavy atom. The summed E-state index contributed by atoms with van der Waals surface area (Å²) in [6.45, 7) is 0. The van der Waals surface area contributed by atoms with Crippen LogP contribution in [0.15, 0.2) is 7.87 Å². The van der Waals surface area contributed by atoms with E-state index in [1.807, 2.05) is 0 Å². The molecule has 0 aromatic carbocycles. The van der Waals surface area contributed by atoms with Crippen molar-refractivity contribution in [2.24, 2.45) is 0 Å². The summed E-state index contributed by atoms with van der Waals surface area (Å²) in [7, 11) is 0. The van der Waals surface area contributed by atoms with Crippen molar-refractivity contribution in [3.8, 4) is 0 Å². The predicted molar refractivity (Wildman–Crippen MR) is 63.3 cm³/mol. The highest BCUT2D eigenvalue weighted by atomic mass is 80.0. The second-order valence-corrected chi connectivity index (χ2v) is 11.3. The van der Waals surface area contributed by atoms with Gasteiger partial charge in [-0.3, -0.25) is 0 Å². The van der Waals surface area contributed by atoms with Crippen molar-refractivity contribution < 1.29 is 0 Å². The smallest absolute Gasteiger partial charge is 0.0539 e. The highest BCUT2D eigenvalue weighted by Gasteiger charge is 2.23. The van der Waals surface area contributed by atoms with Crippen LogP contribution in [0.4, 0.5) is 0 Å². The Labute approximate surface area is 104 Å². The third kappa shape index (κ3) is 4.95. The summed E-state index contributed by atoms with van der Waals surface area (Å²) in [5, 5.41) is 0. The third-order valence-electron chi connectivity index (χ3n) is 0.415. The van der Waals surface area contributed by atoms with Gasteiger partial charge in [-0.25, -0.2) is 0 Å². The largest absolute Gasteiger partial charge is 0.167 e. The van der Waals surface area contributed by atoms with Crippen molar-refractivity contribution in [1.82, 2.24) is 0 Å². The van der Waals surface area contributed by atoms with Crippen LogP contribution in [0.2, 0.25) is 0 Å². The molecule has 0 aromatic rings. The molecule has 0 unspecified atom stereocenters. The Morgan fingerprint density at radius 2 is 1.22 bits per heavy atom. The SMILES string of the molecule is BrC(Br)=C(Br)C(Br)(Br)Br. The fourth-order valence-electron chi connectivity index (χ4n) is 0.107. The van der Waals surface area contributed by atoms with Gasteiger partial charge in [0.05, 0.1) is 7.87 Å². The van der Waals surface area contributed by atoms with Crippen LogP contribution in [0.3, 0.4) is 0 Å². The summed E-state index contributed by atoms with van der Waals surface area (Å²) < 4.78 is 1.37. The first-order valence-electron chi connectivity index (χ1n) is 1.63. The lowest BCUT2D eigenvalue weighted by Crippen LogP contribution is -1.97. The molecule has 0 bridgehead atoms. The van der Waals surface area contributed by atoms with Crippen LogP contribution >= 0.6 is 95.6 Å². The van der Waals surface area contributed by atoms with E-state index in [0.717, 1.165) is 7.87 Å².